The number of thiophene rings is 1. The summed E-state index contributed by atoms with van der Waals surface area (Å²) in [5.74, 6) is -0.287. The molecule has 2 amide bonds. The number of amides is 2. The quantitative estimate of drug-likeness (QED) is 0.614. The molecule has 2 heterocycles. The van der Waals surface area contributed by atoms with E-state index >= 15 is 0 Å². The second-order valence-corrected chi connectivity index (χ2v) is 8.65. The minimum absolute atomic E-state index is 0.126. The van der Waals surface area contributed by atoms with E-state index in [4.69, 9.17) is 0 Å². The van der Waals surface area contributed by atoms with Crippen LogP contribution in [0.1, 0.15) is 59.7 Å². The Hall–Kier alpha value is -2.92. The fraction of sp³-hybridized carbons (Fsp3) is 0.250. The van der Waals surface area contributed by atoms with Gasteiger partial charge in [-0.3, -0.25) is 9.59 Å². The first-order chi connectivity index (χ1) is 14.0. The van der Waals surface area contributed by atoms with Crippen molar-refractivity contribution in [2.75, 3.05) is 5.32 Å². The van der Waals surface area contributed by atoms with Crippen LogP contribution >= 0.6 is 11.3 Å². The average molecular weight is 405 g/mol. The molecule has 1 aromatic heterocycles. The van der Waals surface area contributed by atoms with Crippen LogP contribution in [0, 0.1) is 0 Å². The highest BCUT2D eigenvalue weighted by molar-refractivity contribution is 7.10. The van der Waals surface area contributed by atoms with Gasteiger partial charge in [0.1, 0.15) is 0 Å². The fourth-order valence-electron chi connectivity index (χ4n) is 3.74. The topological polar surface area (TPSA) is 58.2 Å². The summed E-state index contributed by atoms with van der Waals surface area (Å²) in [6.07, 6.45) is 0.159. The molecule has 0 spiro atoms. The Labute approximate surface area is 175 Å². The van der Waals surface area contributed by atoms with E-state index in [2.05, 4.69) is 48.7 Å². The third-order valence-electron chi connectivity index (χ3n) is 5.37. The number of nitrogens with one attached hydrogen (secondary N) is 2. The molecule has 0 saturated carbocycles. The van der Waals surface area contributed by atoms with Crippen LogP contribution in [0.2, 0.25) is 0 Å². The van der Waals surface area contributed by atoms with Crippen LogP contribution in [0.4, 0.5) is 5.69 Å². The Bertz CT molecular complexity index is 1010. The molecule has 0 saturated heterocycles. The third-order valence-corrected chi connectivity index (χ3v) is 6.30. The number of rotatable bonds is 5. The van der Waals surface area contributed by atoms with E-state index in [-0.39, 0.29) is 24.3 Å². The Kier molecular flexibility index (Phi) is 5.49. The maximum absolute atomic E-state index is 13.3. The number of hydrogen-bond donors (Lipinski definition) is 2. The Morgan fingerprint density at radius 2 is 1.76 bits per heavy atom. The lowest BCUT2D eigenvalue weighted by Gasteiger charge is -2.27. The Balaban J connectivity index is 1.63. The molecule has 1 aliphatic heterocycles. The number of hydrogen-bond acceptors (Lipinski definition) is 3. The smallest absolute Gasteiger partial charge is 0.228 e. The lowest BCUT2D eigenvalue weighted by Crippen LogP contribution is -2.37. The molecule has 0 bridgehead atoms. The molecule has 2 N–H and O–H groups in total. The second kappa shape index (κ2) is 8.21. The first-order valence-electron chi connectivity index (χ1n) is 9.85. The fourth-order valence-corrected chi connectivity index (χ4v) is 4.54. The van der Waals surface area contributed by atoms with Crippen LogP contribution in [0.5, 0.6) is 0 Å². The van der Waals surface area contributed by atoms with Crippen molar-refractivity contribution in [2.24, 2.45) is 0 Å². The van der Waals surface area contributed by atoms with Gasteiger partial charge < -0.3 is 10.6 Å². The summed E-state index contributed by atoms with van der Waals surface area (Å²) in [4.78, 5) is 26.5. The standard InChI is InChI=1S/C24H24N2O2S/c1-15(2)16-9-11-17(12-10-16)23(21-8-5-13-29-21)26-24(28)19-14-22(27)25-20-7-4-3-6-18(19)20/h3-13,15,19,23H,14H2,1-2H3,(H,25,27)(H,26,28)/t19-,23+/m1/s1. The number of carbonyl (C=O) groups excluding carboxylic acids is 2. The van der Waals surface area contributed by atoms with E-state index in [0.717, 1.165) is 21.7 Å². The first kappa shape index (κ1) is 19.4. The molecule has 3 aromatic rings. The molecule has 29 heavy (non-hydrogen) atoms. The first-order valence-corrected chi connectivity index (χ1v) is 10.7. The maximum atomic E-state index is 13.3. The van der Waals surface area contributed by atoms with Gasteiger partial charge in [0.15, 0.2) is 0 Å². The number of carbonyl (C=O) groups is 2. The normalized spacial score (nSPS) is 16.8. The molecular weight excluding hydrogens is 380 g/mol. The molecule has 4 rings (SSSR count). The summed E-state index contributed by atoms with van der Waals surface area (Å²) in [6, 6.07) is 19.7. The van der Waals surface area contributed by atoms with Gasteiger partial charge in [0.2, 0.25) is 11.8 Å². The number of para-hydroxylation sites is 1. The molecule has 0 unspecified atom stereocenters. The highest BCUT2D eigenvalue weighted by Crippen LogP contribution is 2.34. The van der Waals surface area contributed by atoms with Gasteiger partial charge in [-0.25, -0.2) is 0 Å². The third kappa shape index (κ3) is 4.10. The molecule has 0 radical (unpaired) electrons. The molecule has 1 aliphatic rings. The van der Waals surface area contributed by atoms with E-state index in [9.17, 15) is 9.59 Å². The summed E-state index contributed by atoms with van der Waals surface area (Å²) in [5, 5.41) is 8.08. The van der Waals surface area contributed by atoms with Crippen molar-refractivity contribution >= 4 is 28.8 Å². The van der Waals surface area contributed by atoms with Gasteiger partial charge in [0, 0.05) is 17.0 Å². The summed E-state index contributed by atoms with van der Waals surface area (Å²) < 4.78 is 0. The summed E-state index contributed by atoms with van der Waals surface area (Å²) >= 11 is 1.62. The lowest BCUT2D eigenvalue weighted by atomic mass is 9.89. The predicted molar refractivity (Wildman–Crippen MR) is 117 cm³/mol. The van der Waals surface area contributed by atoms with E-state index in [1.807, 2.05) is 41.8 Å². The molecule has 148 valence electrons. The molecule has 0 fully saturated rings. The van der Waals surface area contributed by atoms with Crippen molar-refractivity contribution < 1.29 is 9.59 Å². The van der Waals surface area contributed by atoms with Crippen LogP contribution in [0.15, 0.2) is 66.0 Å². The summed E-state index contributed by atoms with van der Waals surface area (Å²) in [6.45, 7) is 4.33. The van der Waals surface area contributed by atoms with Crippen molar-refractivity contribution in [2.45, 2.75) is 38.1 Å². The van der Waals surface area contributed by atoms with Gasteiger partial charge in [0.25, 0.3) is 0 Å². The second-order valence-electron chi connectivity index (χ2n) is 7.67. The zero-order valence-electron chi connectivity index (χ0n) is 16.5. The maximum Gasteiger partial charge on any atom is 0.228 e. The lowest BCUT2D eigenvalue weighted by molar-refractivity contribution is -0.126. The van der Waals surface area contributed by atoms with Crippen molar-refractivity contribution in [1.82, 2.24) is 5.32 Å². The molecular formula is C24H24N2O2S. The van der Waals surface area contributed by atoms with Gasteiger partial charge in [0.05, 0.1) is 12.0 Å². The van der Waals surface area contributed by atoms with Gasteiger partial charge >= 0.3 is 0 Å². The molecule has 2 atom stereocenters. The molecule has 5 heteroatoms. The number of fused-ring (bicyclic) bond motifs is 1. The predicted octanol–water partition coefficient (Wildman–Crippen LogP) is 5.20. The van der Waals surface area contributed by atoms with Crippen LogP contribution in [-0.4, -0.2) is 11.8 Å². The monoisotopic (exact) mass is 404 g/mol. The van der Waals surface area contributed by atoms with Crippen molar-refractivity contribution in [3.8, 4) is 0 Å². The Morgan fingerprint density at radius 1 is 1.03 bits per heavy atom. The van der Waals surface area contributed by atoms with Gasteiger partial charge in [-0.15, -0.1) is 11.3 Å². The van der Waals surface area contributed by atoms with Crippen LogP contribution in [-0.2, 0) is 9.59 Å². The van der Waals surface area contributed by atoms with Crippen molar-refractivity contribution in [3.05, 3.63) is 87.6 Å². The van der Waals surface area contributed by atoms with E-state index < -0.39 is 5.92 Å². The average Bonchev–Trinajstić information content (AvgIpc) is 3.25. The molecule has 4 nitrogen and oxygen atoms in total. The van der Waals surface area contributed by atoms with Crippen LogP contribution in [0.3, 0.4) is 0 Å². The SMILES string of the molecule is CC(C)c1ccc([C@H](NC(=O)[C@@H]2CC(=O)Nc3ccccc32)c2cccs2)cc1. The minimum Gasteiger partial charge on any atom is -0.344 e. The summed E-state index contributed by atoms with van der Waals surface area (Å²) in [5.41, 5.74) is 3.89. The highest BCUT2D eigenvalue weighted by Gasteiger charge is 2.32. The zero-order valence-corrected chi connectivity index (χ0v) is 17.3. The number of anilines is 1. The minimum atomic E-state index is -0.489. The van der Waals surface area contributed by atoms with Crippen LogP contribution < -0.4 is 10.6 Å². The van der Waals surface area contributed by atoms with E-state index in [0.29, 0.717) is 5.92 Å². The Morgan fingerprint density at radius 3 is 2.45 bits per heavy atom. The van der Waals surface area contributed by atoms with Gasteiger partial charge in [-0.1, -0.05) is 62.4 Å². The largest absolute Gasteiger partial charge is 0.344 e. The highest BCUT2D eigenvalue weighted by atomic mass is 32.1. The molecule has 2 aromatic carbocycles. The zero-order chi connectivity index (χ0) is 20.4. The van der Waals surface area contributed by atoms with Crippen LogP contribution in [0.25, 0.3) is 0 Å². The van der Waals surface area contributed by atoms with E-state index in [1.54, 1.807) is 11.3 Å². The van der Waals surface area contributed by atoms with Gasteiger partial charge in [-0.2, -0.15) is 0 Å². The molecule has 0 aliphatic carbocycles. The van der Waals surface area contributed by atoms with Crippen molar-refractivity contribution in [1.29, 1.82) is 0 Å². The summed E-state index contributed by atoms with van der Waals surface area (Å²) in [7, 11) is 0. The van der Waals surface area contributed by atoms with E-state index in [1.165, 1.54) is 5.56 Å². The van der Waals surface area contributed by atoms with Gasteiger partial charge in [-0.05, 0) is 40.1 Å². The number of benzene rings is 2. The van der Waals surface area contributed by atoms with Crippen molar-refractivity contribution in [3.63, 3.8) is 0 Å².